The van der Waals surface area contributed by atoms with Crippen molar-refractivity contribution in [3.8, 4) is 0 Å². The second-order valence-corrected chi connectivity index (χ2v) is 4.96. The molecular formula is C12H15N3O5. The van der Waals surface area contributed by atoms with Crippen molar-refractivity contribution < 1.29 is 14.8 Å². The van der Waals surface area contributed by atoms with Crippen LogP contribution < -0.4 is 10.9 Å². The van der Waals surface area contributed by atoms with Crippen molar-refractivity contribution in [1.29, 1.82) is 0 Å². The summed E-state index contributed by atoms with van der Waals surface area (Å²) in [5.41, 5.74) is -2.11. The molecule has 0 aromatic carbocycles. The molecule has 8 nitrogen and oxygen atoms in total. The summed E-state index contributed by atoms with van der Waals surface area (Å²) >= 11 is 0. The van der Waals surface area contributed by atoms with E-state index in [1.165, 1.54) is 0 Å². The normalized spacial score (nSPS) is 16.9. The highest BCUT2D eigenvalue weighted by Crippen LogP contribution is 2.29. The van der Waals surface area contributed by atoms with E-state index in [2.05, 4.69) is 10.3 Å². The van der Waals surface area contributed by atoms with Gasteiger partial charge in [-0.3, -0.25) is 19.7 Å². The highest BCUT2D eigenvalue weighted by molar-refractivity contribution is 5.94. The Balaban J connectivity index is 2.27. The summed E-state index contributed by atoms with van der Waals surface area (Å²) < 4.78 is 0. The molecule has 0 saturated heterocycles. The largest absolute Gasteiger partial charge is 0.394 e. The molecule has 0 radical (unpaired) electrons. The second kappa shape index (κ2) is 5.41. The van der Waals surface area contributed by atoms with Gasteiger partial charge in [0.05, 0.1) is 23.3 Å². The molecule has 2 rings (SSSR count). The predicted octanol–water partition coefficient (Wildman–Crippen LogP) is 0.318. The summed E-state index contributed by atoms with van der Waals surface area (Å²) in [6.07, 6.45) is 3.96. The first-order valence-corrected chi connectivity index (χ1v) is 6.28. The third-order valence-corrected chi connectivity index (χ3v) is 3.59. The number of H-pyrrole nitrogens is 1. The van der Waals surface area contributed by atoms with E-state index in [0.717, 1.165) is 25.1 Å². The van der Waals surface area contributed by atoms with Crippen molar-refractivity contribution in [2.75, 3.05) is 6.61 Å². The molecule has 108 valence electrons. The Morgan fingerprint density at radius 1 is 1.50 bits per heavy atom. The van der Waals surface area contributed by atoms with Gasteiger partial charge in [0.1, 0.15) is 5.56 Å². The molecule has 0 unspecified atom stereocenters. The topological polar surface area (TPSA) is 125 Å². The van der Waals surface area contributed by atoms with Crippen molar-refractivity contribution in [3.63, 3.8) is 0 Å². The number of hydrogen-bond donors (Lipinski definition) is 3. The van der Waals surface area contributed by atoms with E-state index >= 15 is 0 Å². The lowest BCUT2D eigenvalue weighted by atomic mass is 9.98. The molecule has 1 saturated carbocycles. The average molecular weight is 281 g/mol. The Bertz CT molecular complexity index is 589. The van der Waals surface area contributed by atoms with Gasteiger partial charge in [0.25, 0.3) is 17.2 Å². The Morgan fingerprint density at radius 2 is 2.15 bits per heavy atom. The molecule has 1 heterocycles. The molecule has 1 aliphatic rings. The van der Waals surface area contributed by atoms with Crippen LogP contribution in [0, 0.1) is 10.1 Å². The number of aliphatic hydroxyl groups is 1. The molecule has 1 fully saturated rings. The van der Waals surface area contributed by atoms with Crippen LogP contribution in [0.3, 0.4) is 0 Å². The van der Waals surface area contributed by atoms with Crippen molar-refractivity contribution in [2.45, 2.75) is 31.2 Å². The Kier molecular flexibility index (Phi) is 3.84. The molecule has 0 aliphatic heterocycles. The van der Waals surface area contributed by atoms with Gasteiger partial charge in [-0.1, -0.05) is 12.8 Å². The van der Waals surface area contributed by atoms with Crippen LogP contribution in [0.15, 0.2) is 17.1 Å². The summed E-state index contributed by atoms with van der Waals surface area (Å²) in [6.45, 7) is -0.217. The zero-order valence-electron chi connectivity index (χ0n) is 10.7. The fraction of sp³-hybridized carbons (Fsp3) is 0.500. The van der Waals surface area contributed by atoms with Crippen LogP contribution in [0.1, 0.15) is 36.0 Å². The second-order valence-electron chi connectivity index (χ2n) is 4.96. The minimum atomic E-state index is -0.728. The lowest BCUT2D eigenvalue weighted by Gasteiger charge is -2.27. The van der Waals surface area contributed by atoms with E-state index in [9.17, 15) is 24.8 Å². The fourth-order valence-electron chi connectivity index (χ4n) is 2.43. The molecule has 20 heavy (non-hydrogen) atoms. The third-order valence-electron chi connectivity index (χ3n) is 3.59. The molecule has 0 spiro atoms. The number of aromatic amines is 1. The standard InChI is InChI=1S/C12H15N3O5/c16-7-12(3-1-2-4-12)14-11(18)9-5-8(15(19)20)6-13-10(9)17/h5-6,16H,1-4,7H2,(H,13,17)(H,14,18). The number of aromatic nitrogens is 1. The number of nitro groups is 1. The van der Waals surface area contributed by atoms with Gasteiger partial charge >= 0.3 is 0 Å². The van der Waals surface area contributed by atoms with Crippen LogP contribution in [0.5, 0.6) is 0 Å². The summed E-state index contributed by atoms with van der Waals surface area (Å²) in [7, 11) is 0. The van der Waals surface area contributed by atoms with E-state index in [0.29, 0.717) is 12.8 Å². The molecule has 0 bridgehead atoms. The van der Waals surface area contributed by atoms with Gasteiger partial charge in [-0.2, -0.15) is 0 Å². The minimum Gasteiger partial charge on any atom is -0.394 e. The first kappa shape index (κ1) is 14.2. The van der Waals surface area contributed by atoms with E-state index in [1.54, 1.807) is 0 Å². The maximum atomic E-state index is 12.1. The van der Waals surface area contributed by atoms with Gasteiger partial charge in [0.15, 0.2) is 0 Å². The molecular weight excluding hydrogens is 266 g/mol. The van der Waals surface area contributed by atoms with Gasteiger partial charge in [-0.15, -0.1) is 0 Å². The van der Waals surface area contributed by atoms with Gasteiger partial charge < -0.3 is 15.4 Å². The van der Waals surface area contributed by atoms with E-state index in [-0.39, 0.29) is 17.9 Å². The highest BCUT2D eigenvalue weighted by atomic mass is 16.6. The number of pyridine rings is 1. The van der Waals surface area contributed by atoms with Crippen LogP contribution in [0.25, 0.3) is 0 Å². The van der Waals surface area contributed by atoms with Crippen LogP contribution >= 0.6 is 0 Å². The molecule has 1 aromatic rings. The first-order valence-electron chi connectivity index (χ1n) is 6.28. The van der Waals surface area contributed by atoms with Crippen LogP contribution in [-0.2, 0) is 0 Å². The number of aliphatic hydroxyl groups excluding tert-OH is 1. The maximum absolute atomic E-state index is 12.1. The molecule has 1 amide bonds. The maximum Gasteiger partial charge on any atom is 0.286 e. The summed E-state index contributed by atoms with van der Waals surface area (Å²) in [6, 6.07) is 0.939. The van der Waals surface area contributed by atoms with E-state index in [1.807, 2.05) is 0 Å². The number of carbonyl (C=O) groups excluding carboxylic acids is 1. The van der Waals surface area contributed by atoms with Crippen molar-refractivity contribution in [2.24, 2.45) is 0 Å². The van der Waals surface area contributed by atoms with Crippen LogP contribution in [-0.4, -0.2) is 33.1 Å². The number of amides is 1. The van der Waals surface area contributed by atoms with Gasteiger partial charge in [0, 0.05) is 6.07 Å². The number of rotatable bonds is 4. The molecule has 1 aromatic heterocycles. The number of nitrogens with zero attached hydrogens (tertiary/aromatic N) is 1. The number of carbonyl (C=O) groups is 1. The molecule has 1 aliphatic carbocycles. The third kappa shape index (κ3) is 2.69. The zero-order chi connectivity index (χ0) is 14.8. The first-order chi connectivity index (χ1) is 9.47. The minimum absolute atomic E-state index is 0.217. The summed E-state index contributed by atoms with van der Waals surface area (Å²) in [5.74, 6) is -0.703. The SMILES string of the molecule is O=C(NC1(CO)CCCC1)c1cc([N+](=O)[O-])c[nH]c1=O. The molecule has 0 atom stereocenters. The summed E-state index contributed by atoms with van der Waals surface area (Å²) in [5, 5.41) is 22.7. The van der Waals surface area contributed by atoms with Gasteiger partial charge in [-0.25, -0.2) is 0 Å². The van der Waals surface area contributed by atoms with E-state index < -0.39 is 21.9 Å². The lowest BCUT2D eigenvalue weighted by molar-refractivity contribution is -0.385. The number of hydrogen-bond acceptors (Lipinski definition) is 5. The smallest absolute Gasteiger partial charge is 0.286 e. The quantitative estimate of drug-likeness (QED) is 0.541. The average Bonchev–Trinajstić information content (AvgIpc) is 2.88. The Hall–Kier alpha value is -2.22. The van der Waals surface area contributed by atoms with Crippen molar-refractivity contribution >= 4 is 11.6 Å². The molecule has 3 N–H and O–H groups in total. The van der Waals surface area contributed by atoms with Crippen molar-refractivity contribution in [1.82, 2.24) is 10.3 Å². The Morgan fingerprint density at radius 3 is 2.70 bits per heavy atom. The molecule has 8 heteroatoms. The van der Waals surface area contributed by atoms with Crippen molar-refractivity contribution in [3.05, 3.63) is 38.3 Å². The Labute approximate surface area is 114 Å². The number of nitrogens with one attached hydrogen (secondary N) is 2. The fourth-order valence-corrected chi connectivity index (χ4v) is 2.43. The monoisotopic (exact) mass is 281 g/mol. The zero-order valence-corrected chi connectivity index (χ0v) is 10.7. The van der Waals surface area contributed by atoms with E-state index in [4.69, 9.17) is 0 Å². The van der Waals surface area contributed by atoms with Gasteiger partial charge in [0.2, 0.25) is 0 Å². The van der Waals surface area contributed by atoms with Crippen LogP contribution in [0.4, 0.5) is 5.69 Å². The lowest BCUT2D eigenvalue weighted by Crippen LogP contribution is -2.50. The van der Waals surface area contributed by atoms with Gasteiger partial charge in [-0.05, 0) is 12.8 Å². The van der Waals surface area contributed by atoms with Crippen LogP contribution in [0.2, 0.25) is 0 Å². The predicted molar refractivity (Wildman–Crippen MR) is 69.5 cm³/mol. The highest BCUT2D eigenvalue weighted by Gasteiger charge is 2.35. The summed E-state index contributed by atoms with van der Waals surface area (Å²) in [4.78, 5) is 35.8.